The fraction of sp³-hybridized carbons (Fsp3) is 0.333. The maximum Gasteiger partial charge on any atom is 0.211 e. The molecule has 3 rings (SSSR count). The van der Waals surface area contributed by atoms with Crippen LogP contribution in [0.2, 0.25) is 0 Å². The van der Waals surface area contributed by atoms with Crippen LogP contribution in [0.5, 0.6) is 0 Å². The summed E-state index contributed by atoms with van der Waals surface area (Å²) < 4.78 is 30.2. The molecule has 0 radical (unpaired) electrons. The predicted molar refractivity (Wildman–Crippen MR) is 82.8 cm³/mol. The Labute approximate surface area is 124 Å². The molecule has 0 unspecified atom stereocenters. The molecule has 21 heavy (non-hydrogen) atoms. The summed E-state index contributed by atoms with van der Waals surface area (Å²) in [7, 11) is -3.10. The summed E-state index contributed by atoms with van der Waals surface area (Å²) in [6.07, 6.45) is 2.92. The molecule has 0 spiro atoms. The number of sulfonamides is 1. The van der Waals surface area contributed by atoms with Crippen LogP contribution < -0.4 is 4.90 Å². The molecule has 1 fully saturated rings. The minimum absolute atomic E-state index is 0.519. The average Bonchev–Trinajstić information content (AvgIpc) is 3.01. The largest absolute Gasteiger partial charge is 0.464 e. The fourth-order valence-corrected chi connectivity index (χ4v) is 3.48. The highest BCUT2D eigenvalue weighted by Crippen LogP contribution is 2.31. The van der Waals surface area contributed by atoms with Crippen molar-refractivity contribution >= 4 is 15.7 Å². The van der Waals surface area contributed by atoms with Crippen LogP contribution in [-0.2, 0) is 10.0 Å². The molecule has 1 saturated heterocycles. The Morgan fingerprint density at radius 3 is 2.33 bits per heavy atom. The van der Waals surface area contributed by atoms with Gasteiger partial charge >= 0.3 is 0 Å². The average molecular weight is 306 g/mol. The highest BCUT2D eigenvalue weighted by atomic mass is 32.2. The zero-order valence-corrected chi connectivity index (χ0v) is 12.7. The third-order valence-electron chi connectivity index (χ3n) is 3.74. The molecule has 5 nitrogen and oxygen atoms in total. The van der Waals surface area contributed by atoms with Crippen LogP contribution in [0.1, 0.15) is 0 Å². The number of rotatable bonds is 3. The Morgan fingerprint density at radius 1 is 1.00 bits per heavy atom. The highest BCUT2D eigenvalue weighted by Gasteiger charge is 2.24. The number of benzene rings is 1. The van der Waals surface area contributed by atoms with Crippen LogP contribution in [0.25, 0.3) is 11.3 Å². The van der Waals surface area contributed by atoms with E-state index in [0.29, 0.717) is 26.2 Å². The summed E-state index contributed by atoms with van der Waals surface area (Å²) in [6, 6.07) is 11.9. The number of nitrogens with zero attached hydrogens (tertiary/aromatic N) is 2. The van der Waals surface area contributed by atoms with Crippen molar-refractivity contribution in [2.75, 3.05) is 37.3 Å². The van der Waals surface area contributed by atoms with Crippen LogP contribution in [0.3, 0.4) is 0 Å². The van der Waals surface area contributed by atoms with E-state index < -0.39 is 10.0 Å². The van der Waals surface area contributed by atoms with E-state index in [0.717, 1.165) is 17.0 Å². The molecule has 112 valence electrons. The Hall–Kier alpha value is -1.79. The Morgan fingerprint density at radius 2 is 1.71 bits per heavy atom. The van der Waals surface area contributed by atoms with Crippen molar-refractivity contribution in [1.29, 1.82) is 0 Å². The van der Waals surface area contributed by atoms with E-state index >= 15 is 0 Å². The van der Waals surface area contributed by atoms with E-state index in [4.69, 9.17) is 4.42 Å². The first-order chi connectivity index (χ1) is 10.1. The van der Waals surface area contributed by atoms with E-state index in [1.54, 1.807) is 6.26 Å². The van der Waals surface area contributed by atoms with Crippen LogP contribution in [0, 0.1) is 0 Å². The minimum Gasteiger partial charge on any atom is -0.464 e. The number of hydrogen-bond donors (Lipinski definition) is 0. The minimum atomic E-state index is -3.10. The zero-order valence-electron chi connectivity index (χ0n) is 11.9. The first-order valence-corrected chi connectivity index (χ1v) is 8.73. The van der Waals surface area contributed by atoms with Crippen molar-refractivity contribution in [3.8, 4) is 11.3 Å². The van der Waals surface area contributed by atoms with Gasteiger partial charge in [-0.1, -0.05) is 12.1 Å². The lowest BCUT2D eigenvalue weighted by molar-refractivity contribution is 0.388. The predicted octanol–water partition coefficient (Wildman–Crippen LogP) is 2.03. The van der Waals surface area contributed by atoms with Crippen molar-refractivity contribution in [3.63, 3.8) is 0 Å². The molecule has 1 aromatic carbocycles. The van der Waals surface area contributed by atoms with Gasteiger partial charge in [0.25, 0.3) is 0 Å². The van der Waals surface area contributed by atoms with E-state index in [9.17, 15) is 8.42 Å². The number of piperazine rings is 1. The van der Waals surface area contributed by atoms with Gasteiger partial charge < -0.3 is 9.32 Å². The van der Waals surface area contributed by atoms with Crippen molar-refractivity contribution < 1.29 is 12.8 Å². The molecule has 0 N–H and O–H groups in total. The third-order valence-corrected chi connectivity index (χ3v) is 5.04. The molecule has 0 aliphatic carbocycles. The lowest BCUT2D eigenvalue weighted by atomic mass is 10.1. The van der Waals surface area contributed by atoms with E-state index in [2.05, 4.69) is 4.90 Å². The van der Waals surface area contributed by atoms with Gasteiger partial charge in [-0.25, -0.2) is 8.42 Å². The van der Waals surface area contributed by atoms with Crippen molar-refractivity contribution in [3.05, 3.63) is 42.7 Å². The summed E-state index contributed by atoms with van der Waals surface area (Å²) in [5.41, 5.74) is 2.12. The fourth-order valence-electron chi connectivity index (χ4n) is 2.65. The lowest BCUT2D eigenvalue weighted by Gasteiger charge is -2.35. The molecule has 0 atom stereocenters. The molecule has 1 aromatic heterocycles. The van der Waals surface area contributed by atoms with Gasteiger partial charge in [-0.2, -0.15) is 4.31 Å². The number of furan rings is 1. The number of hydrogen-bond acceptors (Lipinski definition) is 4. The summed E-state index contributed by atoms with van der Waals surface area (Å²) >= 11 is 0. The van der Waals surface area contributed by atoms with Gasteiger partial charge in [-0.3, -0.25) is 0 Å². The second-order valence-corrected chi connectivity index (χ2v) is 7.13. The first kappa shape index (κ1) is 14.2. The molecular formula is C15H18N2O3S. The van der Waals surface area contributed by atoms with Gasteiger partial charge in [-0.05, 0) is 24.3 Å². The van der Waals surface area contributed by atoms with Gasteiger partial charge in [-0.15, -0.1) is 0 Å². The van der Waals surface area contributed by atoms with Crippen molar-refractivity contribution in [1.82, 2.24) is 4.31 Å². The second-order valence-electron chi connectivity index (χ2n) is 5.14. The topological polar surface area (TPSA) is 53.8 Å². The summed E-state index contributed by atoms with van der Waals surface area (Å²) in [6.45, 7) is 2.41. The first-order valence-electron chi connectivity index (χ1n) is 6.89. The molecule has 2 aromatic rings. The highest BCUT2D eigenvalue weighted by molar-refractivity contribution is 7.88. The Bertz CT molecular complexity index is 702. The van der Waals surface area contributed by atoms with E-state index in [1.165, 1.54) is 10.6 Å². The Kier molecular flexibility index (Phi) is 3.73. The van der Waals surface area contributed by atoms with Gasteiger partial charge in [0.1, 0.15) is 5.76 Å². The van der Waals surface area contributed by atoms with Crippen LogP contribution >= 0.6 is 0 Å². The lowest BCUT2D eigenvalue weighted by Crippen LogP contribution is -2.48. The molecular weight excluding hydrogens is 288 g/mol. The Balaban J connectivity index is 1.83. The van der Waals surface area contributed by atoms with Gasteiger partial charge in [0.15, 0.2) is 0 Å². The molecule has 0 bridgehead atoms. The SMILES string of the molecule is CS(=O)(=O)N1CCN(c2ccccc2-c2ccco2)CC1. The van der Waals surface area contributed by atoms with Crippen LogP contribution in [0.4, 0.5) is 5.69 Å². The smallest absolute Gasteiger partial charge is 0.211 e. The van der Waals surface area contributed by atoms with Gasteiger partial charge in [0, 0.05) is 37.4 Å². The molecule has 1 aliphatic rings. The summed E-state index contributed by atoms with van der Waals surface area (Å²) in [5, 5.41) is 0. The molecule has 6 heteroatoms. The zero-order chi connectivity index (χ0) is 14.9. The number of para-hydroxylation sites is 1. The molecule has 2 heterocycles. The van der Waals surface area contributed by atoms with Gasteiger partial charge in [0.2, 0.25) is 10.0 Å². The van der Waals surface area contributed by atoms with E-state index in [-0.39, 0.29) is 0 Å². The summed E-state index contributed by atoms with van der Waals surface area (Å²) in [4.78, 5) is 2.21. The quantitative estimate of drug-likeness (QED) is 0.870. The number of anilines is 1. The standard InChI is InChI=1S/C15H18N2O3S/c1-21(18,19)17-10-8-16(9-11-17)14-6-3-2-5-13(14)15-7-4-12-20-15/h2-7,12H,8-11H2,1H3. The van der Waals surface area contributed by atoms with Crippen molar-refractivity contribution in [2.45, 2.75) is 0 Å². The van der Waals surface area contributed by atoms with Crippen LogP contribution in [0.15, 0.2) is 47.1 Å². The third kappa shape index (κ3) is 2.96. The normalized spacial score (nSPS) is 17.1. The van der Waals surface area contributed by atoms with Crippen molar-refractivity contribution in [2.24, 2.45) is 0 Å². The van der Waals surface area contributed by atoms with Crippen LogP contribution in [-0.4, -0.2) is 45.2 Å². The monoisotopic (exact) mass is 306 g/mol. The second kappa shape index (κ2) is 5.54. The molecule has 0 saturated carbocycles. The van der Waals surface area contributed by atoms with E-state index in [1.807, 2.05) is 36.4 Å². The summed E-state index contributed by atoms with van der Waals surface area (Å²) in [5.74, 6) is 0.830. The van der Waals surface area contributed by atoms with Gasteiger partial charge in [0.05, 0.1) is 12.5 Å². The molecule has 1 aliphatic heterocycles. The molecule has 0 amide bonds. The maximum absolute atomic E-state index is 11.6. The maximum atomic E-state index is 11.6.